The third-order valence-corrected chi connectivity index (χ3v) is 5.52. The second-order valence-corrected chi connectivity index (χ2v) is 7.06. The Morgan fingerprint density at radius 1 is 1.24 bits per heavy atom. The van der Waals surface area contributed by atoms with Gasteiger partial charge in [-0.25, -0.2) is 4.98 Å². The van der Waals surface area contributed by atoms with Crippen molar-refractivity contribution in [3.05, 3.63) is 35.5 Å². The average molecular weight is 301 g/mol. The lowest BCUT2D eigenvalue weighted by Gasteiger charge is -2.32. The minimum absolute atomic E-state index is 0.649. The van der Waals surface area contributed by atoms with E-state index >= 15 is 0 Å². The molecule has 2 aromatic heterocycles. The van der Waals surface area contributed by atoms with Gasteiger partial charge in [-0.05, 0) is 43.2 Å². The lowest BCUT2D eigenvalue weighted by Crippen LogP contribution is -2.35. The predicted octanol–water partition coefficient (Wildman–Crippen LogP) is 4.12. The van der Waals surface area contributed by atoms with E-state index in [0.717, 1.165) is 34.8 Å². The van der Waals surface area contributed by atoms with E-state index < -0.39 is 0 Å². The molecule has 3 atom stereocenters. The fourth-order valence-electron chi connectivity index (χ4n) is 2.98. The quantitative estimate of drug-likeness (QED) is 0.923. The molecule has 2 heterocycles. The van der Waals surface area contributed by atoms with Crippen LogP contribution in [-0.2, 0) is 6.54 Å². The smallest absolute Gasteiger partial charge is 0.142 e. The Kier molecular flexibility index (Phi) is 4.66. The van der Waals surface area contributed by atoms with Crippen molar-refractivity contribution in [3.63, 3.8) is 0 Å². The summed E-state index contributed by atoms with van der Waals surface area (Å²) in [6, 6.07) is 6.60. The van der Waals surface area contributed by atoms with Crippen molar-refractivity contribution in [2.45, 2.75) is 45.7 Å². The molecule has 0 spiro atoms. The SMILES string of the molecule is CC1CCC(NCc2csc(-c3ccccn3)n2)CC1C. The second-order valence-electron chi connectivity index (χ2n) is 6.20. The van der Waals surface area contributed by atoms with Crippen LogP contribution in [0.5, 0.6) is 0 Å². The molecule has 2 aromatic rings. The van der Waals surface area contributed by atoms with Crippen molar-refractivity contribution in [2.24, 2.45) is 11.8 Å². The Morgan fingerprint density at radius 3 is 2.90 bits per heavy atom. The number of hydrogen-bond acceptors (Lipinski definition) is 4. The largest absolute Gasteiger partial charge is 0.308 e. The minimum atomic E-state index is 0.649. The van der Waals surface area contributed by atoms with Crippen LogP contribution in [0.4, 0.5) is 0 Å². The summed E-state index contributed by atoms with van der Waals surface area (Å²) in [5, 5.41) is 6.83. The average Bonchev–Trinajstić information content (AvgIpc) is 2.98. The fraction of sp³-hybridized carbons (Fsp3) is 0.529. The number of hydrogen-bond donors (Lipinski definition) is 1. The van der Waals surface area contributed by atoms with E-state index in [0.29, 0.717) is 6.04 Å². The molecule has 0 saturated heterocycles. The summed E-state index contributed by atoms with van der Waals surface area (Å²) in [5.41, 5.74) is 2.10. The van der Waals surface area contributed by atoms with Gasteiger partial charge in [0.05, 0.1) is 11.4 Å². The first-order valence-electron chi connectivity index (χ1n) is 7.81. The number of pyridine rings is 1. The first-order valence-corrected chi connectivity index (χ1v) is 8.69. The van der Waals surface area contributed by atoms with E-state index in [4.69, 9.17) is 4.98 Å². The van der Waals surface area contributed by atoms with Crippen LogP contribution in [0.15, 0.2) is 29.8 Å². The van der Waals surface area contributed by atoms with Crippen molar-refractivity contribution in [3.8, 4) is 10.7 Å². The Morgan fingerprint density at radius 2 is 2.14 bits per heavy atom. The molecule has 1 aliphatic rings. The van der Waals surface area contributed by atoms with Crippen LogP contribution in [0.1, 0.15) is 38.8 Å². The van der Waals surface area contributed by atoms with Gasteiger partial charge in [-0.3, -0.25) is 4.98 Å². The van der Waals surface area contributed by atoms with Crippen LogP contribution in [0.2, 0.25) is 0 Å². The molecule has 4 heteroatoms. The molecule has 3 rings (SSSR count). The zero-order valence-electron chi connectivity index (χ0n) is 12.7. The molecular formula is C17H23N3S. The molecule has 1 fully saturated rings. The summed E-state index contributed by atoms with van der Waals surface area (Å²) in [5.74, 6) is 1.70. The highest BCUT2D eigenvalue weighted by Crippen LogP contribution is 2.29. The number of nitrogens with one attached hydrogen (secondary N) is 1. The van der Waals surface area contributed by atoms with Crippen molar-refractivity contribution in [1.29, 1.82) is 0 Å². The second kappa shape index (κ2) is 6.67. The lowest BCUT2D eigenvalue weighted by molar-refractivity contribution is 0.225. The van der Waals surface area contributed by atoms with Crippen LogP contribution in [0, 0.1) is 11.8 Å². The Balaban J connectivity index is 1.56. The van der Waals surface area contributed by atoms with Gasteiger partial charge < -0.3 is 5.32 Å². The number of rotatable bonds is 4. The molecule has 1 aliphatic carbocycles. The molecule has 0 bridgehead atoms. The summed E-state index contributed by atoms with van der Waals surface area (Å²) < 4.78 is 0. The van der Waals surface area contributed by atoms with Gasteiger partial charge >= 0.3 is 0 Å². The summed E-state index contributed by atoms with van der Waals surface area (Å²) in [6.07, 6.45) is 5.75. The summed E-state index contributed by atoms with van der Waals surface area (Å²) in [7, 11) is 0. The molecule has 1 saturated carbocycles. The standard InChI is InChI=1S/C17H23N3S/c1-12-6-7-14(9-13(12)2)19-10-15-11-21-17(20-15)16-5-3-4-8-18-16/h3-5,8,11-14,19H,6-7,9-10H2,1-2H3. The van der Waals surface area contributed by atoms with Gasteiger partial charge in [0.25, 0.3) is 0 Å². The monoisotopic (exact) mass is 301 g/mol. The van der Waals surface area contributed by atoms with E-state index in [-0.39, 0.29) is 0 Å². The molecule has 21 heavy (non-hydrogen) atoms. The van der Waals surface area contributed by atoms with Gasteiger partial charge in [0.1, 0.15) is 5.01 Å². The third kappa shape index (κ3) is 3.69. The molecule has 0 aromatic carbocycles. The van der Waals surface area contributed by atoms with Gasteiger partial charge in [-0.15, -0.1) is 11.3 Å². The first-order chi connectivity index (χ1) is 10.2. The van der Waals surface area contributed by atoms with Gasteiger partial charge in [0.2, 0.25) is 0 Å². The molecule has 112 valence electrons. The maximum Gasteiger partial charge on any atom is 0.142 e. The van der Waals surface area contributed by atoms with E-state index in [9.17, 15) is 0 Å². The van der Waals surface area contributed by atoms with Crippen molar-refractivity contribution in [1.82, 2.24) is 15.3 Å². The molecule has 3 unspecified atom stereocenters. The highest BCUT2D eigenvalue weighted by molar-refractivity contribution is 7.13. The normalized spacial score (nSPS) is 25.9. The van der Waals surface area contributed by atoms with Gasteiger partial charge in [0, 0.05) is 24.2 Å². The van der Waals surface area contributed by atoms with E-state index in [2.05, 4.69) is 29.5 Å². The van der Waals surface area contributed by atoms with Crippen molar-refractivity contribution in [2.75, 3.05) is 0 Å². The highest BCUT2D eigenvalue weighted by Gasteiger charge is 2.24. The zero-order valence-corrected chi connectivity index (χ0v) is 13.6. The summed E-state index contributed by atoms with van der Waals surface area (Å²) in [4.78, 5) is 9.05. The fourth-order valence-corrected chi connectivity index (χ4v) is 3.77. The molecule has 0 radical (unpaired) electrons. The maximum absolute atomic E-state index is 4.69. The maximum atomic E-state index is 4.69. The molecule has 1 N–H and O–H groups in total. The van der Waals surface area contributed by atoms with Gasteiger partial charge in [0.15, 0.2) is 0 Å². The third-order valence-electron chi connectivity index (χ3n) is 4.61. The lowest BCUT2D eigenvalue weighted by atomic mass is 9.79. The Hall–Kier alpha value is -1.26. The highest BCUT2D eigenvalue weighted by atomic mass is 32.1. The first kappa shape index (κ1) is 14.7. The Labute approximate surface area is 130 Å². The van der Waals surface area contributed by atoms with E-state index in [1.165, 1.54) is 19.3 Å². The van der Waals surface area contributed by atoms with Gasteiger partial charge in [-0.2, -0.15) is 0 Å². The van der Waals surface area contributed by atoms with Crippen molar-refractivity contribution < 1.29 is 0 Å². The van der Waals surface area contributed by atoms with Crippen LogP contribution in [0.3, 0.4) is 0 Å². The van der Waals surface area contributed by atoms with E-state index in [1.54, 1.807) is 11.3 Å². The number of nitrogens with zero attached hydrogens (tertiary/aromatic N) is 2. The predicted molar refractivity (Wildman–Crippen MR) is 88.2 cm³/mol. The molecule has 0 amide bonds. The topological polar surface area (TPSA) is 37.8 Å². The van der Waals surface area contributed by atoms with Gasteiger partial charge in [-0.1, -0.05) is 19.9 Å². The minimum Gasteiger partial charge on any atom is -0.308 e. The summed E-state index contributed by atoms with van der Waals surface area (Å²) in [6.45, 7) is 5.62. The van der Waals surface area contributed by atoms with E-state index in [1.807, 2.05) is 24.4 Å². The van der Waals surface area contributed by atoms with Crippen LogP contribution in [0.25, 0.3) is 10.7 Å². The molecular weight excluding hydrogens is 278 g/mol. The number of thiazole rings is 1. The summed E-state index contributed by atoms with van der Waals surface area (Å²) >= 11 is 1.68. The molecule has 3 nitrogen and oxygen atoms in total. The molecule has 0 aliphatic heterocycles. The van der Waals surface area contributed by atoms with Crippen LogP contribution in [-0.4, -0.2) is 16.0 Å². The Bertz CT molecular complexity index is 566. The van der Waals surface area contributed by atoms with Crippen LogP contribution >= 0.6 is 11.3 Å². The van der Waals surface area contributed by atoms with Crippen molar-refractivity contribution >= 4 is 11.3 Å². The number of aromatic nitrogens is 2. The zero-order chi connectivity index (χ0) is 14.7. The van der Waals surface area contributed by atoms with Crippen LogP contribution < -0.4 is 5.32 Å².